The number of benzene rings is 3. The molecule has 2 aromatic heterocycles. The first kappa shape index (κ1) is 29.3. The maximum atomic E-state index is 15.3. The molecule has 5 aromatic rings. The van der Waals surface area contributed by atoms with Gasteiger partial charge in [-0.3, -0.25) is 18.9 Å². The summed E-state index contributed by atoms with van der Waals surface area (Å²) in [6.45, 7) is 3.85. The number of halogens is 2. The Bertz CT molecular complexity index is 1760. The van der Waals surface area contributed by atoms with E-state index >= 15 is 8.78 Å². The summed E-state index contributed by atoms with van der Waals surface area (Å²) in [5, 5.41) is 3.69. The molecule has 0 aliphatic rings. The van der Waals surface area contributed by atoms with Crippen LogP contribution in [0.15, 0.2) is 80.8 Å². The third kappa shape index (κ3) is 6.22. The number of H-pyrrole nitrogens is 1. The fraction of sp³-hybridized carbons (Fsp3) is 0.200. The molecule has 5 rings (SSSR count). The van der Waals surface area contributed by atoms with E-state index in [9.17, 15) is 9.59 Å². The van der Waals surface area contributed by atoms with Crippen LogP contribution in [0, 0.1) is 18.6 Å². The van der Waals surface area contributed by atoms with Gasteiger partial charge in [0, 0.05) is 29.3 Å². The van der Waals surface area contributed by atoms with Crippen molar-refractivity contribution >= 4 is 0 Å². The molecule has 0 fully saturated rings. The van der Waals surface area contributed by atoms with Crippen LogP contribution in [0.2, 0.25) is 0 Å². The molecule has 0 atom stereocenters. The minimum absolute atomic E-state index is 0. The van der Waals surface area contributed by atoms with Crippen molar-refractivity contribution in [3.8, 4) is 28.2 Å². The van der Waals surface area contributed by atoms with Crippen LogP contribution >= 0.6 is 0 Å². The molecule has 0 bridgehead atoms. The fourth-order valence-corrected chi connectivity index (χ4v) is 4.68. The van der Waals surface area contributed by atoms with Crippen LogP contribution in [0.5, 0.6) is 0 Å². The summed E-state index contributed by atoms with van der Waals surface area (Å²) < 4.78 is 36.7. The Morgan fingerprint density at radius 1 is 0.975 bits per heavy atom. The van der Waals surface area contributed by atoms with Gasteiger partial charge in [-0.05, 0) is 60.7 Å². The molecule has 0 saturated carbocycles. The second-order valence-electron chi connectivity index (χ2n) is 9.33. The maximum Gasteiger partial charge on any atom is 1.00 e. The number of nitrogens with zero attached hydrogens (tertiary/aromatic N) is 3. The number of aryl methyl sites for hydroxylation is 2. The molecule has 200 valence electrons. The fourth-order valence-electron chi connectivity index (χ4n) is 4.68. The van der Waals surface area contributed by atoms with Crippen LogP contribution < -0.4 is 40.9 Å². The monoisotopic (exact) mass is 552 g/mol. The van der Waals surface area contributed by atoms with Gasteiger partial charge in [0.05, 0.1) is 5.69 Å². The minimum Gasteiger partial charge on any atom is -1.00 e. The molecular weight excluding hydrogens is 525 g/mol. The average molecular weight is 553 g/mol. The van der Waals surface area contributed by atoms with Gasteiger partial charge < -0.3 is 1.43 Å². The number of hydrogen-bond donors (Lipinski definition) is 1. The molecule has 0 amide bonds. The first-order chi connectivity index (χ1) is 18.8. The second-order valence-corrected chi connectivity index (χ2v) is 9.33. The number of unbranched alkanes of at least 4 members (excludes halogenated alkanes) is 1. The van der Waals surface area contributed by atoms with Gasteiger partial charge in [-0.2, -0.15) is 0 Å². The van der Waals surface area contributed by atoms with Crippen molar-refractivity contribution in [2.75, 3.05) is 0 Å². The average Bonchev–Trinajstić information content (AvgIpc) is 3.35. The predicted octanol–water partition coefficient (Wildman–Crippen LogP) is 2.88. The standard InChI is InChI=1S/C30H26F2N4O3.Na.H/c1-3-4-9-21-17-28(37)36(18(2)33-21)22-10-7-8-19(13-22)14-25-26(31)15-20(16-27(25)32)23-11-5-6-12-24(23)29-34-30(38)39-35-29;;/h5-8,10-13,15-17H,3-4,9,14H2,1-2H3,(H,34,35,38);;/q;+1;-1. The molecule has 0 unspecified atom stereocenters. The zero-order valence-electron chi connectivity index (χ0n) is 23.5. The van der Waals surface area contributed by atoms with Crippen LogP contribution in [-0.4, -0.2) is 19.7 Å². The van der Waals surface area contributed by atoms with Gasteiger partial charge in [0.2, 0.25) is 0 Å². The summed E-state index contributed by atoms with van der Waals surface area (Å²) in [6.07, 6.45) is 2.68. The van der Waals surface area contributed by atoms with Gasteiger partial charge >= 0.3 is 35.3 Å². The normalized spacial score (nSPS) is 10.9. The van der Waals surface area contributed by atoms with Crippen molar-refractivity contribution in [3.63, 3.8) is 0 Å². The van der Waals surface area contributed by atoms with E-state index in [4.69, 9.17) is 0 Å². The first-order valence-corrected chi connectivity index (χ1v) is 12.7. The number of aromatic nitrogens is 4. The van der Waals surface area contributed by atoms with E-state index in [2.05, 4.69) is 26.6 Å². The van der Waals surface area contributed by atoms with Crippen LogP contribution in [0.1, 0.15) is 43.8 Å². The van der Waals surface area contributed by atoms with Crippen LogP contribution in [0.25, 0.3) is 28.2 Å². The molecule has 7 nitrogen and oxygen atoms in total. The van der Waals surface area contributed by atoms with Crippen molar-refractivity contribution in [1.82, 2.24) is 19.7 Å². The third-order valence-electron chi connectivity index (χ3n) is 6.55. The Hall–Kier alpha value is -3.66. The van der Waals surface area contributed by atoms with Gasteiger partial charge in [0.15, 0.2) is 5.82 Å². The van der Waals surface area contributed by atoms with E-state index < -0.39 is 17.4 Å². The Labute approximate surface area is 252 Å². The van der Waals surface area contributed by atoms with Crippen LogP contribution in [0.4, 0.5) is 8.78 Å². The molecule has 40 heavy (non-hydrogen) atoms. The molecule has 0 saturated heterocycles. The molecular formula is C30H27F2N4NaO3. The van der Waals surface area contributed by atoms with E-state index in [0.717, 1.165) is 25.0 Å². The number of hydrogen-bond acceptors (Lipinski definition) is 5. The minimum atomic E-state index is -0.726. The quantitative estimate of drug-likeness (QED) is 0.299. The van der Waals surface area contributed by atoms with Gasteiger partial charge in [0.1, 0.15) is 17.5 Å². The largest absolute Gasteiger partial charge is 1.00 e. The Morgan fingerprint density at radius 2 is 1.70 bits per heavy atom. The summed E-state index contributed by atoms with van der Waals surface area (Å²) >= 11 is 0. The Balaban J connectivity index is 0.00000231. The van der Waals surface area contributed by atoms with Gasteiger partial charge in [-0.25, -0.2) is 18.6 Å². The smallest absolute Gasteiger partial charge is 1.00 e. The third-order valence-corrected chi connectivity index (χ3v) is 6.55. The van der Waals surface area contributed by atoms with E-state index in [0.29, 0.717) is 33.8 Å². The van der Waals surface area contributed by atoms with Gasteiger partial charge in [-0.1, -0.05) is 54.9 Å². The maximum absolute atomic E-state index is 15.3. The molecule has 0 aliphatic heterocycles. The summed E-state index contributed by atoms with van der Waals surface area (Å²) in [6, 6.07) is 17.9. The predicted molar refractivity (Wildman–Crippen MR) is 145 cm³/mol. The molecule has 2 heterocycles. The molecule has 0 spiro atoms. The first-order valence-electron chi connectivity index (χ1n) is 12.7. The van der Waals surface area contributed by atoms with E-state index in [1.54, 1.807) is 61.5 Å². The second kappa shape index (κ2) is 12.7. The number of aromatic amines is 1. The Kier molecular flexibility index (Phi) is 9.29. The zero-order valence-corrected chi connectivity index (χ0v) is 24.5. The van der Waals surface area contributed by atoms with Crippen molar-refractivity contribution in [2.45, 2.75) is 39.5 Å². The molecule has 0 radical (unpaired) electrons. The van der Waals surface area contributed by atoms with Gasteiger partial charge in [-0.15, -0.1) is 0 Å². The summed E-state index contributed by atoms with van der Waals surface area (Å²) in [5.41, 5.74) is 2.93. The molecule has 0 aliphatic carbocycles. The number of rotatable bonds is 8. The van der Waals surface area contributed by atoms with Crippen LogP contribution in [-0.2, 0) is 12.8 Å². The summed E-state index contributed by atoms with van der Waals surface area (Å²) in [4.78, 5) is 31.3. The zero-order chi connectivity index (χ0) is 27.5. The molecule has 3 aromatic carbocycles. The summed E-state index contributed by atoms with van der Waals surface area (Å²) in [5.74, 6) is -1.44. The van der Waals surface area contributed by atoms with E-state index in [-0.39, 0.29) is 54.4 Å². The van der Waals surface area contributed by atoms with Crippen molar-refractivity contribution < 1.29 is 44.3 Å². The topological polar surface area (TPSA) is 93.8 Å². The van der Waals surface area contributed by atoms with Crippen molar-refractivity contribution in [3.05, 3.63) is 122 Å². The molecule has 10 heteroatoms. The summed E-state index contributed by atoms with van der Waals surface area (Å²) in [7, 11) is 0. The van der Waals surface area contributed by atoms with E-state index in [1.807, 2.05) is 0 Å². The van der Waals surface area contributed by atoms with Gasteiger partial charge in [0.25, 0.3) is 5.56 Å². The van der Waals surface area contributed by atoms with Crippen LogP contribution in [0.3, 0.4) is 0 Å². The SMILES string of the molecule is CCCCc1cc(=O)n(-c2cccc(Cc3c(F)cc(-c4ccccc4-c4noc(=O)[nH]4)cc3F)c2)c(C)n1.[H-].[Na+]. The Morgan fingerprint density at radius 3 is 2.35 bits per heavy atom. The van der Waals surface area contributed by atoms with E-state index in [1.165, 1.54) is 16.7 Å². The number of nitrogens with one attached hydrogen (secondary N) is 1. The molecule has 1 N–H and O–H groups in total. The van der Waals surface area contributed by atoms with Crippen molar-refractivity contribution in [2.24, 2.45) is 0 Å². The van der Waals surface area contributed by atoms with Crippen molar-refractivity contribution in [1.29, 1.82) is 0 Å².